The number of anilines is 1. The third-order valence-corrected chi connectivity index (χ3v) is 3.05. The van der Waals surface area contributed by atoms with Gasteiger partial charge in [-0.2, -0.15) is 0 Å². The van der Waals surface area contributed by atoms with Gasteiger partial charge in [-0.1, -0.05) is 0 Å². The molecule has 3 rings (SSSR count). The van der Waals surface area contributed by atoms with Crippen LogP contribution in [0.1, 0.15) is 18.5 Å². The standard InChI is InChI=1S/C11H16N4/c1-2-8(1)3-9-4-11(14-7-13-9)15-10-5-12-6-10/h4,7-8,10,12H,1-3,5-6H2,(H,13,14,15). The van der Waals surface area contributed by atoms with E-state index in [1.165, 1.54) is 18.5 Å². The van der Waals surface area contributed by atoms with Crippen molar-refractivity contribution < 1.29 is 0 Å². The first-order valence-corrected chi connectivity index (χ1v) is 5.68. The molecule has 0 spiro atoms. The van der Waals surface area contributed by atoms with Gasteiger partial charge in [0.2, 0.25) is 0 Å². The smallest absolute Gasteiger partial charge is 0.129 e. The highest BCUT2D eigenvalue weighted by Gasteiger charge is 2.22. The molecule has 1 saturated heterocycles. The first-order valence-electron chi connectivity index (χ1n) is 5.68. The van der Waals surface area contributed by atoms with Crippen LogP contribution in [0, 0.1) is 5.92 Å². The van der Waals surface area contributed by atoms with Gasteiger partial charge in [0.15, 0.2) is 0 Å². The summed E-state index contributed by atoms with van der Waals surface area (Å²) in [6.45, 7) is 2.09. The number of nitrogens with one attached hydrogen (secondary N) is 2. The molecule has 1 aliphatic carbocycles. The van der Waals surface area contributed by atoms with Crippen molar-refractivity contribution in [3.8, 4) is 0 Å². The van der Waals surface area contributed by atoms with Crippen LogP contribution < -0.4 is 10.6 Å². The monoisotopic (exact) mass is 204 g/mol. The number of hydrogen-bond donors (Lipinski definition) is 2. The van der Waals surface area contributed by atoms with E-state index in [2.05, 4.69) is 26.7 Å². The maximum absolute atomic E-state index is 4.30. The Hall–Kier alpha value is -1.16. The number of aromatic nitrogens is 2. The van der Waals surface area contributed by atoms with E-state index in [0.29, 0.717) is 6.04 Å². The van der Waals surface area contributed by atoms with Crippen LogP contribution in [0.3, 0.4) is 0 Å². The van der Waals surface area contributed by atoms with Crippen molar-refractivity contribution in [1.29, 1.82) is 0 Å². The zero-order valence-corrected chi connectivity index (χ0v) is 8.74. The largest absolute Gasteiger partial charge is 0.365 e. The van der Waals surface area contributed by atoms with Crippen molar-refractivity contribution in [2.45, 2.75) is 25.3 Å². The van der Waals surface area contributed by atoms with Gasteiger partial charge in [0.25, 0.3) is 0 Å². The van der Waals surface area contributed by atoms with Gasteiger partial charge in [0.1, 0.15) is 12.1 Å². The molecule has 0 amide bonds. The van der Waals surface area contributed by atoms with Crippen LogP contribution in [-0.2, 0) is 6.42 Å². The van der Waals surface area contributed by atoms with Crippen LogP contribution in [0.25, 0.3) is 0 Å². The molecule has 2 aliphatic rings. The quantitative estimate of drug-likeness (QED) is 0.762. The Morgan fingerprint density at radius 1 is 1.33 bits per heavy atom. The van der Waals surface area contributed by atoms with E-state index in [0.717, 1.165) is 31.2 Å². The normalized spacial score (nSPS) is 21.1. The Bertz CT molecular complexity index is 344. The summed E-state index contributed by atoms with van der Waals surface area (Å²) in [7, 11) is 0. The van der Waals surface area contributed by atoms with Gasteiger partial charge < -0.3 is 10.6 Å². The van der Waals surface area contributed by atoms with E-state index < -0.39 is 0 Å². The lowest BCUT2D eigenvalue weighted by Crippen LogP contribution is -2.51. The number of rotatable bonds is 4. The number of hydrogen-bond acceptors (Lipinski definition) is 4. The lowest BCUT2D eigenvalue weighted by molar-refractivity contribution is 0.471. The van der Waals surface area contributed by atoms with Crippen molar-refractivity contribution in [2.24, 2.45) is 5.92 Å². The van der Waals surface area contributed by atoms with Crippen molar-refractivity contribution in [2.75, 3.05) is 18.4 Å². The fraction of sp³-hybridized carbons (Fsp3) is 0.636. The summed E-state index contributed by atoms with van der Waals surface area (Å²) < 4.78 is 0. The van der Waals surface area contributed by atoms with Crippen LogP contribution in [-0.4, -0.2) is 29.1 Å². The Morgan fingerprint density at radius 3 is 2.87 bits per heavy atom. The Balaban J connectivity index is 1.64. The van der Waals surface area contributed by atoms with Gasteiger partial charge in [0.05, 0.1) is 6.04 Å². The average Bonchev–Trinajstić information content (AvgIpc) is 2.96. The molecule has 0 aromatic carbocycles. The van der Waals surface area contributed by atoms with Crippen LogP contribution in [0.15, 0.2) is 12.4 Å². The highest BCUT2D eigenvalue weighted by atomic mass is 15.1. The van der Waals surface area contributed by atoms with E-state index >= 15 is 0 Å². The topological polar surface area (TPSA) is 49.8 Å². The molecule has 4 nitrogen and oxygen atoms in total. The summed E-state index contributed by atoms with van der Waals surface area (Å²) in [4.78, 5) is 8.54. The second kappa shape index (κ2) is 3.77. The molecule has 1 aromatic rings. The molecule has 4 heteroatoms. The van der Waals surface area contributed by atoms with E-state index in [-0.39, 0.29) is 0 Å². The second-order valence-electron chi connectivity index (χ2n) is 4.54. The van der Waals surface area contributed by atoms with E-state index in [1.54, 1.807) is 6.33 Å². The Morgan fingerprint density at radius 2 is 2.20 bits per heavy atom. The van der Waals surface area contributed by atoms with Gasteiger partial charge >= 0.3 is 0 Å². The van der Waals surface area contributed by atoms with Gasteiger partial charge in [0, 0.05) is 24.8 Å². The van der Waals surface area contributed by atoms with E-state index in [9.17, 15) is 0 Å². The molecule has 1 aliphatic heterocycles. The van der Waals surface area contributed by atoms with Crippen molar-refractivity contribution in [3.05, 3.63) is 18.1 Å². The molecule has 0 radical (unpaired) electrons. The molecule has 2 fully saturated rings. The summed E-state index contributed by atoms with van der Waals surface area (Å²) in [6, 6.07) is 2.64. The van der Waals surface area contributed by atoms with Crippen LogP contribution in [0.2, 0.25) is 0 Å². The fourth-order valence-corrected chi connectivity index (χ4v) is 1.81. The minimum absolute atomic E-state index is 0.550. The van der Waals surface area contributed by atoms with Crippen LogP contribution >= 0.6 is 0 Å². The zero-order chi connectivity index (χ0) is 10.1. The minimum atomic E-state index is 0.550. The highest BCUT2D eigenvalue weighted by Crippen LogP contribution is 2.32. The van der Waals surface area contributed by atoms with Crippen molar-refractivity contribution in [3.63, 3.8) is 0 Å². The maximum Gasteiger partial charge on any atom is 0.129 e. The Kier molecular flexibility index (Phi) is 2.29. The molecule has 2 N–H and O–H groups in total. The molecule has 15 heavy (non-hydrogen) atoms. The van der Waals surface area contributed by atoms with Crippen molar-refractivity contribution in [1.82, 2.24) is 15.3 Å². The van der Waals surface area contributed by atoms with E-state index in [4.69, 9.17) is 0 Å². The molecule has 1 aromatic heterocycles. The summed E-state index contributed by atoms with van der Waals surface area (Å²) in [5.41, 5.74) is 1.18. The SMILES string of the molecule is c1nc(CC2CC2)cc(NC2CNC2)n1. The van der Waals surface area contributed by atoms with Gasteiger partial charge in [-0.25, -0.2) is 9.97 Å². The Labute approximate surface area is 89.5 Å². The maximum atomic E-state index is 4.30. The van der Waals surface area contributed by atoms with E-state index in [1.807, 2.05) is 0 Å². The fourth-order valence-electron chi connectivity index (χ4n) is 1.81. The summed E-state index contributed by atoms with van der Waals surface area (Å²) >= 11 is 0. The van der Waals surface area contributed by atoms with Crippen LogP contribution in [0.5, 0.6) is 0 Å². The first-order chi connectivity index (χ1) is 7.40. The average molecular weight is 204 g/mol. The predicted octanol–water partition coefficient (Wildman–Crippen LogP) is 0.813. The lowest BCUT2D eigenvalue weighted by atomic mass is 10.2. The molecular weight excluding hydrogens is 188 g/mol. The van der Waals surface area contributed by atoms with Gasteiger partial charge in [-0.05, 0) is 25.2 Å². The molecule has 0 unspecified atom stereocenters. The third-order valence-electron chi connectivity index (χ3n) is 3.05. The first kappa shape index (κ1) is 9.09. The summed E-state index contributed by atoms with van der Waals surface area (Å²) in [6.07, 6.45) is 5.55. The molecule has 0 bridgehead atoms. The molecule has 0 atom stereocenters. The molecule has 80 valence electrons. The summed E-state index contributed by atoms with van der Waals surface area (Å²) in [5, 5.41) is 6.63. The zero-order valence-electron chi connectivity index (χ0n) is 8.74. The van der Waals surface area contributed by atoms with Crippen molar-refractivity contribution >= 4 is 5.82 Å². The minimum Gasteiger partial charge on any atom is -0.365 e. The summed E-state index contributed by atoms with van der Waals surface area (Å²) in [5.74, 6) is 1.87. The predicted molar refractivity (Wildman–Crippen MR) is 58.7 cm³/mol. The second-order valence-corrected chi connectivity index (χ2v) is 4.54. The highest BCUT2D eigenvalue weighted by molar-refractivity contribution is 5.37. The van der Waals surface area contributed by atoms with Crippen LogP contribution in [0.4, 0.5) is 5.82 Å². The van der Waals surface area contributed by atoms with Gasteiger partial charge in [-0.3, -0.25) is 0 Å². The molecular formula is C11H16N4. The number of nitrogens with zero attached hydrogens (tertiary/aromatic N) is 2. The molecule has 1 saturated carbocycles. The van der Waals surface area contributed by atoms with Gasteiger partial charge in [-0.15, -0.1) is 0 Å². The molecule has 2 heterocycles. The lowest BCUT2D eigenvalue weighted by Gasteiger charge is -2.28. The third kappa shape index (κ3) is 2.26.